The number of halogens is 1. The molecule has 0 aliphatic carbocycles. The maximum atomic E-state index is 15.0. The number of ketones is 1. The van der Waals surface area contributed by atoms with E-state index < -0.39 is 130 Å². The van der Waals surface area contributed by atoms with Gasteiger partial charge < -0.3 is 103 Å². The number of alkyl halides is 1. The maximum absolute atomic E-state index is 15.0. The zero-order chi connectivity index (χ0) is 75.6. The van der Waals surface area contributed by atoms with Crippen molar-refractivity contribution < 1.29 is 110 Å². The number of hydrogen-bond donors (Lipinski definition) is 10. The average Bonchev–Trinajstić information content (AvgIpc) is 1.61. The standard InChI is InChI=1S/C71H94ClN7O23S/c1-38(82)45-18-40-19-48(75-47(40)22-52(45)99-67-64(89)63(88)62(87)56(30-81)100-67)66(91)78-27-41(26-72)60-46-21-43(94-11)13-14-44(46)53(23-49(60)78)101-103(92,93)102-54-20-39(12-15-51(54)97-59-24-50(83)61(86)55(29-80)98-59)65(90)76(10)31-69(4,5)35-96-36-70(6,7)32-77(74)28-42(73)25-68(2,3)34-95-37-71(8,9)33-79-57(84)16-17-58(79)85/h12-23,28,41,50,55-56,59,61-64,67,75,80-81,83,86-89H,24-27,29-37,73-74H2,1-11H3/b42-28-/t41-,50-,55-,56-,59-,61-,62+,63+,64-,67-/m1/s1. The van der Waals surface area contributed by atoms with Gasteiger partial charge in [0.15, 0.2) is 23.0 Å². The second kappa shape index (κ2) is 31.9. The third-order valence-electron chi connectivity index (χ3n) is 17.9. The van der Waals surface area contributed by atoms with Gasteiger partial charge in [0.05, 0.1) is 64.1 Å². The lowest BCUT2D eigenvalue weighted by molar-refractivity contribution is -0.277. The maximum Gasteiger partial charge on any atom is 0.501 e. The van der Waals surface area contributed by atoms with Crippen molar-refractivity contribution in [1.29, 1.82) is 0 Å². The van der Waals surface area contributed by atoms with E-state index in [1.54, 1.807) is 31.4 Å². The topological polar surface area (TPSA) is 425 Å². The Bertz CT molecular complexity index is 4130. The minimum atomic E-state index is -5.33. The number of ether oxygens (including phenoxy) is 7. The van der Waals surface area contributed by atoms with Gasteiger partial charge in [-0.2, -0.15) is 0 Å². The van der Waals surface area contributed by atoms with E-state index in [0.29, 0.717) is 54.0 Å². The third kappa shape index (κ3) is 19.0. The van der Waals surface area contributed by atoms with Crippen LogP contribution in [0.1, 0.15) is 118 Å². The van der Waals surface area contributed by atoms with E-state index in [2.05, 4.69) is 4.98 Å². The van der Waals surface area contributed by atoms with Gasteiger partial charge in [0.25, 0.3) is 23.6 Å². The van der Waals surface area contributed by atoms with Crippen LogP contribution in [0.3, 0.4) is 0 Å². The number of methoxy groups -OCH3 is 1. The Morgan fingerprint density at radius 3 is 2.01 bits per heavy atom. The average molecular weight is 1480 g/mol. The van der Waals surface area contributed by atoms with Crippen LogP contribution >= 0.6 is 11.6 Å². The predicted molar refractivity (Wildman–Crippen MR) is 375 cm³/mol. The molecule has 564 valence electrons. The number of Topliss-reactive ketones (excluding diaryl/α,β-unsaturated/α-hetero) is 1. The van der Waals surface area contributed by atoms with E-state index in [-0.39, 0.29) is 108 Å². The molecule has 5 heterocycles. The molecule has 0 saturated carbocycles. The van der Waals surface area contributed by atoms with Crippen LogP contribution in [0.4, 0.5) is 5.69 Å². The summed E-state index contributed by atoms with van der Waals surface area (Å²) in [6, 6.07) is 14.0. The SMILES string of the molecule is COc1ccc2c(OS(=O)(=O)Oc3cc(C(=O)N(C)CC(C)(C)COCC(C)(C)CN(N)/C=C(\N)CC(C)(C)COCC(C)(C)CN4C(=O)C=CC4=O)ccc3O[C@H]3C[C@@H](O)[C@@H](O)[C@@H](CO)O3)cc3c(c2c1)[C@H](CCl)CN3C(=O)c1cc2cc(C(C)=O)c(O[C@@H]3O[C@H](CO)[C@H](O)[C@H](O)[C@H]3O)cc2[nH]1. The molecule has 4 aliphatic rings. The first-order valence-electron chi connectivity index (χ1n) is 33.4. The van der Waals surface area contributed by atoms with Crippen LogP contribution in [-0.4, -0.2) is 235 Å². The summed E-state index contributed by atoms with van der Waals surface area (Å²) in [6.45, 7) is 17.2. The number of aliphatic hydroxyl groups is 7. The number of H-pyrrole nitrogens is 1. The molecule has 2 fully saturated rings. The molecule has 0 radical (unpaired) electrons. The Hall–Kier alpha value is -7.73. The Kier molecular flexibility index (Phi) is 24.6. The van der Waals surface area contributed by atoms with E-state index >= 15 is 0 Å². The van der Waals surface area contributed by atoms with Crippen molar-refractivity contribution in [3.8, 4) is 28.7 Å². The number of nitrogens with zero attached hydrogens (tertiary/aromatic N) is 4. The lowest BCUT2D eigenvalue weighted by Crippen LogP contribution is -2.60. The van der Waals surface area contributed by atoms with Gasteiger partial charge in [0.1, 0.15) is 53.8 Å². The first-order chi connectivity index (χ1) is 48.2. The molecule has 32 heteroatoms. The number of allylic oxidation sites excluding steroid dienone is 1. The summed E-state index contributed by atoms with van der Waals surface area (Å²) in [7, 11) is -2.35. The van der Waals surface area contributed by atoms with Crippen molar-refractivity contribution in [1.82, 2.24) is 19.8 Å². The second-order valence-electron chi connectivity index (χ2n) is 29.9. The lowest BCUT2D eigenvalue weighted by Gasteiger charge is -2.39. The number of carbonyl (C=O) groups is 5. The molecular formula is C71H94ClN7O23S. The Morgan fingerprint density at radius 1 is 0.738 bits per heavy atom. The summed E-state index contributed by atoms with van der Waals surface area (Å²) < 4.78 is 82.2. The number of hydrogen-bond acceptors (Lipinski definition) is 26. The van der Waals surface area contributed by atoms with Crippen LogP contribution in [0.25, 0.3) is 21.7 Å². The van der Waals surface area contributed by atoms with Gasteiger partial charge >= 0.3 is 10.4 Å². The number of carbonyl (C=O) groups excluding carboxylic acids is 5. The number of anilines is 1. The van der Waals surface area contributed by atoms with E-state index in [4.69, 9.17) is 64.7 Å². The van der Waals surface area contributed by atoms with E-state index in [9.17, 15) is 68.1 Å². The Balaban J connectivity index is 0.906. The van der Waals surface area contributed by atoms with Crippen molar-refractivity contribution in [3.05, 3.63) is 107 Å². The molecule has 4 aliphatic heterocycles. The number of nitrogens with two attached hydrogens (primary N) is 2. The summed E-state index contributed by atoms with van der Waals surface area (Å²) in [5.41, 5.74) is 5.83. The molecule has 9 rings (SSSR count). The highest BCUT2D eigenvalue weighted by atomic mass is 35.5. The van der Waals surface area contributed by atoms with Gasteiger partial charge in [-0.1, -0.05) is 55.4 Å². The van der Waals surface area contributed by atoms with Crippen molar-refractivity contribution >= 4 is 78.8 Å². The molecule has 1 aromatic heterocycles. The van der Waals surface area contributed by atoms with E-state index in [0.717, 1.165) is 6.07 Å². The molecule has 103 heavy (non-hydrogen) atoms. The van der Waals surface area contributed by atoms with Crippen LogP contribution in [0, 0.1) is 21.7 Å². The van der Waals surface area contributed by atoms with Crippen molar-refractivity contribution in [2.75, 3.05) is 90.8 Å². The number of nitrogens with one attached hydrogen (secondary N) is 1. The van der Waals surface area contributed by atoms with Crippen molar-refractivity contribution in [2.45, 2.75) is 136 Å². The third-order valence-corrected chi connectivity index (χ3v) is 19.1. The van der Waals surface area contributed by atoms with Gasteiger partial charge in [-0.05, 0) is 78.2 Å². The zero-order valence-corrected chi connectivity index (χ0v) is 60.9. The number of aliphatic hydroxyl groups excluding tert-OH is 7. The molecule has 30 nitrogen and oxygen atoms in total. The first kappa shape index (κ1) is 79.4. The highest BCUT2D eigenvalue weighted by molar-refractivity contribution is 7.82. The summed E-state index contributed by atoms with van der Waals surface area (Å²) >= 11 is 6.67. The molecule has 5 aromatic rings. The van der Waals surface area contributed by atoms with Crippen LogP contribution in [0.2, 0.25) is 0 Å². The number of amides is 4. The minimum Gasteiger partial charge on any atom is -0.497 e. The predicted octanol–water partition coefficient (Wildman–Crippen LogP) is 4.11. The molecule has 12 N–H and O–H groups in total. The van der Waals surface area contributed by atoms with Gasteiger partial charge in [0.2, 0.25) is 12.6 Å². The molecule has 0 unspecified atom stereocenters. The normalized spacial score (nSPS) is 22.8. The molecule has 2 saturated heterocycles. The number of hydrazine groups is 1. The number of benzene rings is 4. The van der Waals surface area contributed by atoms with Crippen LogP contribution in [-0.2, 0) is 38.9 Å². The van der Waals surface area contributed by atoms with Gasteiger partial charge in [0, 0.05) is 126 Å². The molecule has 4 amide bonds. The van der Waals surface area contributed by atoms with Crippen LogP contribution in [0.15, 0.2) is 84.7 Å². The summed E-state index contributed by atoms with van der Waals surface area (Å²) in [5, 5.41) is 75.0. The number of aromatic amines is 1. The molecular weight excluding hydrogens is 1390 g/mol. The fourth-order valence-electron chi connectivity index (χ4n) is 13.1. The van der Waals surface area contributed by atoms with Crippen molar-refractivity contribution in [3.63, 3.8) is 0 Å². The number of fused-ring (bicyclic) bond motifs is 4. The minimum absolute atomic E-state index is 0.0116. The largest absolute Gasteiger partial charge is 0.501 e. The number of rotatable bonds is 32. The lowest BCUT2D eigenvalue weighted by atomic mass is 9.88. The number of aromatic nitrogens is 1. The molecule has 0 spiro atoms. The van der Waals surface area contributed by atoms with Gasteiger partial charge in [-0.15, -0.1) is 20.0 Å². The fraction of sp³-hybridized carbons (Fsp3) is 0.535. The second-order valence-corrected chi connectivity index (χ2v) is 31.3. The highest BCUT2D eigenvalue weighted by Crippen LogP contribution is 2.48. The van der Waals surface area contributed by atoms with Crippen LogP contribution in [0.5, 0.6) is 28.7 Å². The van der Waals surface area contributed by atoms with Crippen LogP contribution < -0.4 is 39.1 Å². The summed E-state index contributed by atoms with van der Waals surface area (Å²) in [5.74, 6) is 2.45. The quantitative estimate of drug-likeness (QED) is 0.00952. The van der Waals surface area contributed by atoms with Gasteiger partial charge in [-0.3, -0.25) is 28.9 Å². The van der Waals surface area contributed by atoms with Gasteiger partial charge in [-0.25, -0.2) is 5.84 Å². The van der Waals surface area contributed by atoms with E-state index in [1.165, 1.54) is 82.3 Å². The number of imide groups is 1. The Labute approximate surface area is 601 Å². The summed E-state index contributed by atoms with van der Waals surface area (Å²) in [4.78, 5) is 73.8. The smallest absolute Gasteiger partial charge is 0.497 e. The summed E-state index contributed by atoms with van der Waals surface area (Å²) in [6.07, 6.45) is -9.58. The molecule has 4 aromatic carbocycles. The fourth-order valence-corrected chi connectivity index (χ4v) is 14.1. The Morgan fingerprint density at radius 2 is 1.37 bits per heavy atom. The molecule has 10 atom stereocenters. The monoisotopic (exact) mass is 1480 g/mol. The van der Waals surface area contributed by atoms with Crippen molar-refractivity contribution in [2.24, 2.45) is 33.2 Å². The zero-order valence-electron chi connectivity index (χ0n) is 59.4. The first-order valence-corrected chi connectivity index (χ1v) is 35.3. The molecule has 0 bridgehead atoms. The van der Waals surface area contributed by atoms with E-state index in [1.807, 2.05) is 55.4 Å². The highest BCUT2D eigenvalue weighted by Gasteiger charge is 2.46.